The zero-order valence-corrected chi connectivity index (χ0v) is 14.5. The van der Waals surface area contributed by atoms with Crippen molar-refractivity contribution >= 4 is 17.6 Å². The van der Waals surface area contributed by atoms with Gasteiger partial charge >= 0.3 is 5.97 Å². The minimum absolute atomic E-state index is 0.217. The van der Waals surface area contributed by atoms with E-state index in [0.29, 0.717) is 5.69 Å². The molecule has 5 heteroatoms. The van der Waals surface area contributed by atoms with Gasteiger partial charge in [-0.3, -0.25) is 9.59 Å². The molecule has 0 atom stereocenters. The standard InChI is InChI=1S/C22H18FNO3/c23-20-9-5-4-8-18(20)14-22(26)27-15-21(25)24-19-12-10-17(11-13-19)16-6-2-1-3-7-16/h1-13H,14-15H2,(H,24,25). The van der Waals surface area contributed by atoms with E-state index < -0.39 is 24.3 Å². The summed E-state index contributed by atoms with van der Waals surface area (Å²) in [6.07, 6.45) is -0.217. The SMILES string of the molecule is O=C(COC(=O)Cc1ccccc1F)Nc1ccc(-c2ccccc2)cc1. The summed E-state index contributed by atoms with van der Waals surface area (Å²) in [5.41, 5.74) is 2.95. The van der Waals surface area contributed by atoms with Gasteiger partial charge in [-0.25, -0.2) is 4.39 Å². The second kappa shape index (κ2) is 8.76. The summed E-state index contributed by atoms with van der Waals surface area (Å²) < 4.78 is 18.4. The molecule has 0 fully saturated rings. The highest BCUT2D eigenvalue weighted by atomic mass is 19.1. The van der Waals surface area contributed by atoms with Crippen LogP contribution in [0.4, 0.5) is 10.1 Å². The molecule has 3 rings (SSSR count). The van der Waals surface area contributed by atoms with Crippen molar-refractivity contribution in [2.75, 3.05) is 11.9 Å². The lowest BCUT2D eigenvalue weighted by Crippen LogP contribution is -2.21. The van der Waals surface area contributed by atoms with Crippen molar-refractivity contribution < 1.29 is 18.7 Å². The number of carbonyl (C=O) groups excluding carboxylic acids is 2. The molecule has 27 heavy (non-hydrogen) atoms. The summed E-state index contributed by atoms with van der Waals surface area (Å²) in [7, 11) is 0. The zero-order valence-electron chi connectivity index (χ0n) is 14.5. The van der Waals surface area contributed by atoms with Gasteiger partial charge in [-0.05, 0) is 34.9 Å². The molecule has 0 saturated heterocycles. The molecule has 0 aliphatic rings. The van der Waals surface area contributed by atoms with Crippen LogP contribution in [0.25, 0.3) is 11.1 Å². The van der Waals surface area contributed by atoms with E-state index in [1.54, 1.807) is 24.3 Å². The number of ether oxygens (including phenoxy) is 1. The van der Waals surface area contributed by atoms with Gasteiger partial charge in [0.15, 0.2) is 6.61 Å². The lowest BCUT2D eigenvalue weighted by Gasteiger charge is -2.08. The monoisotopic (exact) mass is 363 g/mol. The average molecular weight is 363 g/mol. The highest BCUT2D eigenvalue weighted by Crippen LogP contribution is 2.20. The Morgan fingerprint density at radius 1 is 0.815 bits per heavy atom. The van der Waals surface area contributed by atoms with E-state index in [0.717, 1.165) is 11.1 Å². The number of benzene rings is 3. The van der Waals surface area contributed by atoms with Crippen molar-refractivity contribution in [3.63, 3.8) is 0 Å². The number of nitrogens with one attached hydrogen (secondary N) is 1. The molecule has 136 valence electrons. The first-order chi connectivity index (χ1) is 13.1. The zero-order chi connectivity index (χ0) is 19.1. The maximum atomic E-state index is 13.5. The summed E-state index contributed by atoms with van der Waals surface area (Å²) in [6, 6.07) is 23.2. The first-order valence-corrected chi connectivity index (χ1v) is 8.46. The molecule has 0 radical (unpaired) electrons. The van der Waals surface area contributed by atoms with Gasteiger partial charge < -0.3 is 10.1 Å². The third kappa shape index (κ3) is 5.25. The van der Waals surface area contributed by atoms with Crippen LogP contribution in [0, 0.1) is 5.82 Å². The van der Waals surface area contributed by atoms with E-state index in [4.69, 9.17) is 4.74 Å². The van der Waals surface area contributed by atoms with Crippen LogP contribution in [-0.4, -0.2) is 18.5 Å². The van der Waals surface area contributed by atoms with Crippen LogP contribution in [0.3, 0.4) is 0 Å². The van der Waals surface area contributed by atoms with Crippen molar-refractivity contribution in [2.24, 2.45) is 0 Å². The van der Waals surface area contributed by atoms with Gasteiger partial charge in [0.05, 0.1) is 6.42 Å². The molecule has 0 aliphatic carbocycles. The van der Waals surface area contributed by atoms with Crippen LogP contribution < -0.4 is 5.32 Å². The van der Waals surface area contributed by atoms with Gasteiger partial charge in [-0.15, -0.1) is 0 Å². The van der Waals surface area contributed by atoms with Gasteiger partial charge in [0, 0.05) is 5.69 Å². The fourth-order valence-electron chi connectivity index (χ4n) is 2.57. The van der Waals surface area contributed by atoms with Gasteiger partial charge in [0.25, 0.3) is 5.91 Å². The summed E-state index contributed by atoms with van der Waals surface area (Å²) in [5.74, 6) is -1.59. The smallest absolute Gasteiger partial charge is 0.310 e. The van der Waals surface area contributed by atoms with Crippen molar-refractivity contribution in [2.45, 2.75) is 6.42 Å². The van der Waals surface area contributed by atoms with E-state index in [9.17, 15) is 14.0 Å². The summed E-state index contributed by atoms with van der Waals surface area (Å²) in [5, 5.41) is 2.66. The summed E-state index contributed by atoms with van der Waals surface area (Å²) in [6.45, 7) is -0.423. The Morgan fingerprint density at radius 2 is 1.44 bits per heavy atom. The minimum atomic E-state index is -0.658. The normalized spacial score (nSPS) is 10.3. The second-order valence-electron chi connectivity index (χ2n) is 5.92. The summed E-state index contributed by atoms with van der Waals surface area (Å²) >= 11 is 0. The molecule has 1 amide bonds. The molecule has 0 spiro atoms. The Kier molecular flexibility index (Phi) is 5.94. The number of hydrogen-bond acceptors (Lipinski definition) is 3. The fraction of sp³-hybridized carbons (Fsp3) is 0.0909. The van der Waals surface area contributed by atoms with Crippen LogP contribution in [0.15, 0.2) is 78.9 Å². The van der Waals surface area contributed by atoms with E-state index in [1.807, 2.05) is 42.5 Å². The van der Waals surface area contributed by atoms with Crippen molar-refractivity contribution in [3.8, 4) is 11.1 Å². The number of hydrogen-bond donors (Lipinski definition) is 1. The maximum Gasteiger partial charge on any atom is 0.310 e. The number of anilines is 1. The Labute approximate surface area is 156 Å². The van der Waals surface area contributed by atoms with Gasteiger partial charge in [-0.1, -0.05) is 60.7 Å². The summed E-state index contributed by atoms with van der Waals surface area (Å²) in [4.78, 5) is 23.7. The third-order valence-corrected chi connectivity index (χ3v) is 3.93. The van der Waals surface area contributed by atoms with Gasteiger partial charge in [0.2, 0.25) is 0 Å². The second-order valence-corrected chi connectivity index (χ2v) is 5.92. The molecule has 0 bridgehead atoms. The van der Waals surface area contributed by atoms with Crippen LogP contribution in [0.5, 0.6) is 0 Å². The van der Waals surface area contributed by atoms with Crippen LogP contribution in [0.2, 0.25) is 0 Å². The highest BCUT2D eigenvalue weighted by Gasteiger charge is 2.11. The molecule has 0 aromatic heterocycles. The first kappa shape index (κ1) is 18.3. The molecule has 3 aromatic rings. The number of rotatable bonds is 6. The molecule has 0 unspecified atom stereocenters. The Hall–Kier alpha value is -3.47. The third-order valence-electron chi connectivity index (χ3n) is 3.93. The predicted molar refractivity (Wildman–Crippen MR) is 102 cm³/mol. The largest absolute Gasteiger partial charge is 0.455 e. The Morgan fingerprint density at radius 3 is 2.15 bits per heavy atom. The molecule has 3 aromatic carbocycles. The van der Waals surface area contributed by atoms with Crippen molar-refractivity contribution in [3.05, 3.63) is 90.2 Å². The Balaban J connectivity index is 1.49. The average Bonchev–Trinajstić information content (AvgIpc) is 2.69. The lowest BCUT2D eigenvalue weighted by atomic mass is 10.1. The number of amides is 1. The van der Waals surface area contributed by atoms with Gasteiger partial charge in [0.1, 0.15) is 5.82 Å². The van der Waals surface area contributed by atoms with E-state index >= 15 is 0 Å². The number of carbonyl (C=O) groups is 2. The van der Waals surface area contributed by atoms with E-state index in [-0.39, 0.29) is 12.0 Å². The fourth-order valence-corrected chi connectivity index (χ4v) is 2.57. The number of halogens is 1. The van der Waals surface area contributed by atoms with E-state index in [1.165, 1.54) is 12.1 Å². The molecule has 0 heterocycles. The molecule has 0 saturated carbocycles. The van der Waals surface area contributed by atoms with E-state index in [2.05, 4.69) is 5.32 Å². The maximum absolute atomic E-state index is 13.5. The molecule has 4 nitrogen and oxygen atoms in total. The number of esters is 1. The van der Waals surface area contributed by atoms with Crippen LogP contribution in [-0.2, 0) is 20.7 Å². The predicted octanol–water partition coefficient (Wildman–Crippen LogP) is 4.22. The molecular formula is C22H18FNO3. The van der Waals surface area contributed by atoms with Crippen LogP contribution >= 0.6 is 0 Å². The first-order valence-electron chi connectivity index (χ1n) is 8.46. The van der Waals surface area contributed by atoms with Crippen molar-refractivity contribution in [1.82, 2.24) is 0 Å². The van der Waals surface area contributed by atoms with Gasteiger partial charge in [-0.2, -0.15) is 0 Å². The molecular weight excluding hydrogens is 345 g/mol. The Bertz CT molecular complexity index is 924. The molecule has 0 aliphatic heterocycles. The minimum Gasteiger partial charge on any atom is -0.455 e. The topological polar surface area (TPSA) is 55.4 Å². The lowest BCUT2D eigenvalue weighted by molar-refractivity contribution is -0.146. The molecule has 1 N–H and O–H groups in total. The quantitative estimate of drug-likeness (QED) is 0.667. The highest BCUT2D eigenvalue weighted by molar-refractivity contribution is 5.93. The van der Waals surface area contributed by atoms with Crippen LogP contribution in [0.1, 0.15) is 5.56 Å². The van der Waals surface area contributed by atoms with Crippen molar-refractivity contribution in [1.29, 1.82) is 0 Å².